The minimum Gasteiger partial charge on any atom is -0.356 e. The lowest BCUT2D eigenvalue weighted by molar-refractivity contribution is -0.140. The Hall–Kier alpha value is -2.18. The minimum atomic E-state index is -0.139. The SMILES string of the molecule is C[C@H](CNC(=O)CCN1C(=O)[C@@H]2CCCC[C@H]2C1=O)Cn1ccnc1. The second-order valence-electron chi connectivity index (χ2n) is 7.24. The first-order valence-electron chi connectivity index (χ1n) is 9.14. The molecule has 1 N–H and O–H groups in total. The van der Waals surface area contributed by atoms with E-state index in [9.17, 15) is 14.4 Å². The molecule has 3 rings (SSSR count). The van der Waals surface area contributed by atoms with Gasteiger partial charge in [-0.15, -0.1) is 0 Å². The maximum absolute atomic E-state index is 12.4. The zero-order valence-corrected chi connectivity index (χ0v) is 14.7. The summed E-state index contributed by atoms with van der Waals surface area (Å²) < 4.78 is 1.97. The second-order valence-corrected chi connectivity index (χ2v) is 7.24. The Morgan fingerprint density at radius 3 is 2.56 bits per heavy atom. The first kappa shape index (κ1) is 17.6. The third-order valence-corrected chi connectivity index (χ3v) is 5.22. The van der Waals surface area contributed by atoms with Gasteiger partial charge in [-0.25, -0.2) is 4.98 Å². The van der Waals surface area contributed by atoms with Crippen molar-refractivity contribution in [2.45, 2.75) is 45.6 Å². The van der Waals surface area contributed by atoms with E-state index in [4.69, 9.17) is 0 Å². The van der Waals surface area contributed by atoms with Gasteiger partial charge in [-0.05, 0) is 18.8 Å². The minimum absolute atomic E-state index is 0.0732. The molecule has 3 amide bonds. The number of carbonyl (C=O) groups is 3. The van der Waals surface area contributed by atoms with E-state index in [2.05, 4.69) is 17.2 Å². The van der Waals surface area contributed by atoms with E-state index in [0.29, 0.717) is 6.54 Å². The lowest BCUT2D eigenvalue weighted by Gasteiger charge is -2.19. The van der Waals surface area contributed by atoms with Crippen molar-refractivity contribution in [1.29, 1.82) is 0 Å². The number of imidazole rings is 1. The summed E-state index contributed by atoms with van der Waals surface area (Å²) >= 11 is 0. The van der Waals surface area contributed by atoms with Crippen LogP contribution in [0, 0.1) is 17.8 Å². The van der Waals surface area contributed by atoms with Gasteiger partial charge in [-0.3, -0.25) is 19.3 Å². The Labute approximate surface area is 147 Å². The molecule has 0 radical (unpaired) electrons. The van der Waals surface area contributed by atoms with Gasteiger partial charge in [-0.2, -0.15) is 0 Å². The maximum atomic E-state index is 12.4. The van der Waals surface area contributed by atoms with Crippen molar-refractivity contribution < 1.29 is 14.4 Å². The number of hydrogen-bond donors (Lipinski definition) is 1. The van der Waals surface area contributed by atoms with Crippen molar-refractivity contribution in [3.05, 3.63) is 18.7 Å². The second kappa shape index (κ2) is 7.80. The van der Waals surface area contributed by atoms with E-state index in [0.717, 1.165) is 32.2 Å². The Bertz CT molecular complexity index is 604. The molecule has 1 aliphatic heterocycles. The number of nitrogens with one attached hydrogen (secondary N) is 1. The van der Waals surface area contributed by atoms with Gasteiger partial charge < -0.3 is 9.88 Å². The van der Waals surface area contributed by atoms with Crippen molar-refractivity contribution in [3.8, 4) is 0 Å². The maximum Gasteiger partial charge on any atom is 0.233 e. The monoisotopic (exact) mass is 346 g/mol. The standard InChI is InChI=1S/C18H26N4O3/c1-13(11-21-9-7-19-12-21)10-20-16(23)6-8-22-17(24)14-4-2-3-5-15(14)18(22)25/h7,9,12-15H,2-6,8,10-11H2,1H3,(H,20,23)/t13-,14-,15-/m1/s1. The lowest BCUT2D eigenvalue weighted by Crippen LogP contribution is -2.36. The van der Waals surface area contributed by atoms with Crippen LogP contribution >= 0.6 is 0 Å². The number of carbonyl (C=O) groups excluding carboxylic acids is 3. The molecule has 2 aliphatic rings. The van der Waals surface area contributed by atoms with Crippen LogP contribution in [0.4, 0.5) is 0 Å². The molecule has 1 saturated carbocycles. The average Bonchev–Trinajstić information content (AvgIpc) is 3.20. The van der Waals surface area contributed by atoms with Crippen LogP contribution in [0.1, 0.15) is 39.0 Å². The summed E-state index contributed by atoms with van der Waals surface area (Å²) in [4.78, 5) is 42.1. The number of nitrogens with zero attached hydrogens (tertiary/aromatic N) is 3. The van der Waals surface area contributed by atoms with Crippen molar-refractivity contribution in [2.24, 2.45) is 17.8 Å². The van der Waals surface area contributed by atoms with E-state index in [1.165, 1.54) is 4.90 Å². The Balaban J connectivity index is 1.41. The van der Waals surface area contributed by atoms with E-state index < -0.39 is 0 Å². The molecule has 1 aromatic rings. The van der Waals surface area contributed by atoms with Gasteiger partial charge in [0.05, 0.1) is 18.2 Å². The third-order valence-electron chi connectivity index (χ3n) is 5.22. The van der Waals surface area contributed by atoms with Gasteiger partial charge in [0, 0.05) is 38.4 Å². The Morgan fingerprint density at radius 1 is 1.28 bits per heavy atom. The number of imide groups is 1. The largest absolute Gasteiger partial charge is 0.356 e. The van der Waals surface area contributed by atoms with Gasteiger partial charge in [-0.1, -0.05) is 19.8 Å². The molecule has 1 aromatic heterocycles. The van der Waals surface area contributed by atoms with E-state index >= 15 is 0 Å². The summed E-state index contributed by atoms with van der Waals surface area (Å²) in [6, 6.07) is 0. The van der Waals surface area contributed by atoms with Crippen molar-refractivity contribution in [2.75, 3.05) is 13.1 Å². The summed E-state index contributed by atoms with van der Waals surface area (Å²) in [5.41, 5.74) is 0. The molecule has 25 heavy (non-hydrogen) atoms. The fourth-order valence-electron chi connectivity index (χ4n) is 3.86. The van der Waals surface area contributed by atoms with Gasteiger partial charge in [0.25, 0.3) is 0 Å². The third kappa shape index (κ3) is 4.08. The van der Waals surface area contributed by atoms with E-state index in [-0.39, 0.29) is 48.4 Å². The molecule has 2 fully saturated rings. The quantitative estimate of drug-likeness (QED) is 0.752. The van der Waals surface area contributed by atoms with Crippen LogP contribution in [0.3, 0.4) is 0 Å². The lowest BCUT2D eigenvalue weighted by atomic mass is 9.81. The molecule has 1 aliphatic carbocycles. The number of rotatable bonds is 7. The number of fused-ring (bicyclic) bond motifs is 1. The zero-order valence-electron chi connectivity index (χ0n) is 14.7. The van der Waals surface area contributed by atoms with Gasteiger partial charge in [0.15, 0.2) is 0 Å². The molecule has 3 atom stereocenters. The van der Waals surface area contributed by atoms with Gasteiger partial charge in [0.2, 0.25) is 17.7 Å². The normalized spacial score (nSPS) is 24.3. The summed E-state index contributed by atoms with van der Waals surface area (Å²) in [5.74, 6) is -0.269. The molecule has 0 unspecified atom stereocenters. The van der Waals surface area contributed by atoms with Crippen LogP contribution in [0.15, 0.2) is 18.7 Å². The molecular formula is C18H26N4O3. The van der Waals surface area contributed by atoms with Gasteiger partial charge >= 0.3 is 0 Å². The smallest absolute Gasteiger partial charge is 0.233 e. The van der Waals surface area contributed by atoms with Crippen LogP contribution in [0.2, 0.25) is 0 Å². The van der Waals surface area contributed by atoms with Crippen LogP contribution < -0.4 is 5.32 Å². The molecule has 2 heterocycles. The molecule has 7 heteroatoms. The number of aromatic nitrogens is 2. The fourth-order valence-corrected chi connectivity index (χ4v) is 3.86. The van der Waals surface area contributed by atoms with E-state index in [1.54, 1.807) is 12.5 Å². The number of likely N-dealkylation sites (tertiary alicyclic amines) is 1. The molecule has 136 valence electrons. The summed E-state index contributed by atoms with van der Waals surface area (Å²) in [6.07, 6.45) is 9.20. The molecular weight excluding hydrogens is 320 g/mol. The molecule has 0 aromatic carbocycles. The molecule has 0 spiro atoms. The first-order valence-corrected chi connectivity index (χ1v) is 9.14. The topological polar surface area (TPSA) is 84.3 Å². The van der Waals surface area contributed by atoms with Crippen molar-refractivity contribution >= 4 is 17.7 Å². The zero-order chi connectivity index (χ0) is 17.8. The van der Waals surface area contributed by atoms with Crippen molar-refractivity contribution in [3.63, 3.8) is 0 Å². The first-order chi connectivity index (χ1) is 12.1. The highest BCUT2D eigenvalue weighted by atomic mass is 16.2. The Morgan fingerprint density at radius 2 is 1.96 bits per heavy atom. The predicted molar refractivity (Wildman–Crippen MR) is 91.2 cm³/mol. The summed E-state index contributed by atoms with van der Waals surface area (Å²) in [5, 5.41) is 2.89. The van der Waals surface area contributed by atoms with Crippen molar-refractivity contribution in [1.82, 2.24) is 19.8 Å². The highest BCUT2D eigenvalue weighted by Gasteiger charge is 2.47. The highest BCUT2D eigenvalue weighted by Crippen LogP contribution is 2.37. The number of hydrogen-bond acceptors (Lipinski definition) is 4. The van der Waals surface area contributed by atoms with Gasteiger partial charge in [0.1, 0.15) is 0 Å². The van der Waals surface area contributed by atoms with Crippen LogP contribution in [-0.2, 0) is 20.9 Å². The van der Waals surface area contributed by atoms with Crippen LogP contribution in [0.5, 0.6) is 0 Å². The predicted octanol–water partition coefficient (Wildman–Crippen LogP) is 1.20. The van der Waals surface area contributed by atoms with Crippen LogP contribution in [0.25, 0.3) is 0 Å². The Kier molecular flexibility index (Phi) is 5.50. The summed E-state index contributed by atoms with van der Waals surface area (Å²) in [6.45, 7) is 3.60. The average molecular weight is 346 g/mol. The molecule has 7 nitrogen and oxygen atoms in total. The summed E-state index contributed by atoms with van der Waals surface area (Å²) in [7, 11) is 0. The molecule has 0 bridgehead atoms. The highest BCUT2D eigenvalue weighted by molar-refractivity contribution is 6.05. The molecule has 1 saturated heterocycles. The van der Waals surface area contributed by atoms with E-state index in [1.807, 2.05) is 10.8 Å². The number of amides is 3. The fraction of sp³-hybridized carbons (Fsp3) is 0.667. The van der Waals surface area contributed by atoms with Crippen LogP contribution in [-0.4, -0.2) is 45.3 Å².